The van der Waals surface area contributed by atoms with E-state index in [1.165, 1.54) is 0 Å². The average molecular weight is 217 g/mol. The third-order valence-corrected chi connectivity index (χ3v) is 3.73. The number of aliphatic hydroxyl groups excluding tert-OH is 1. The molecule has 0 heterocycles. The molecule has 0 aliphatic heterocycles. The summed E-state index contributed by atoms with van der Waals surface area (Å²) >= 11 is 4.24. The quantitative estimate of drug-likeness (QED) is 0.615. The predicted octanol–water partition coefficient (Wildman–Crippen LogP) is 0.972. The number of thiol groups is 1. The zero-order valence-electron chi connectivity index (χ0n) is 8.79. The van der Waals surface area contributed by atoms with Crippen LogP contribution < -0.4 is 5.32 Å². The Labute approximate surface area is 90.7 Å². The SMILES string of the molecule is CC(C)C(S)C(=O)NC1(CO)CCC1. The third-order valence-electron chi connectivity index (χ3n) is 2.90. The van der Waals surface area contributed by atoms with Crippen LogP contribution >= 0.6 is 12.6 Å². The summed E-state index contributed by atoms with van der Waals surface area (Å²) in [4.78, 5) is 11.7. The van der Waals surface area contributed by atoms with E-state index in [9.17, 15) is 4.79 Å². The predicted molar refractivity (Wildman–Crippen MR) is 59.4 cm³/mol. The first-order chi connectivity index (χ1) is 6.51. The minimum Gasteiger partial charge on any atom is -0.394 e. The van der Waals surface area contributed by atoms with Crippen LogP contribution in [-0.4, -0.2) is 28.4 Å². The Balaban J connectivity index is 2.47. The second kappa shape index (κ2) is 4.53. The molecular formula is C10H19NO2S. The van der Waals surface area contributed by atoms with E-state index >= 15 is 0 Å². The molecule has 1 aliphatic carbocycles. The van der Waals surface area contributed by atoms with Crippen molar-refractivity contribution >= 4 is 18.5 Å². The van der Waals surface area contributed by atoms with Crippen LogP contribution in [0.5, 0.6) is 0 Å². The van der Waals surface area contributed by atoms with E-state index in [-0.39, 0.29) is 29.2 Å². The molecule has 1 unspecified atom stereocenters. The molecule has 2 N–H and O–H groups in total. The molecule has 0 radical (unpaired) electrons. The van der Waals surface area contributed by atoms with Gasteiger partial charge in [-0.15, -0.1) is 0 Å². The van der Waals surface area contributed by atoms with Crippen molar-refractivity contribution in [2.24, 2.45) is 5.92 Å². The van der Waals surface area contributed by atoms with Gasteiger partial charge in [-0.2, -0.15) is 12.6 Å². The van der Waals surface area contributed by atoms with Gasteiger partial charge in [0.05, 0.1) is 17.4 Å². The number of hydrogen-bond acceptors (Lipinski definition) is 3. The summed E-state index contributed by atoms with van der Waals surface area (Å²) in [5, 5.41) is 11.8. The molecule has 0 saturated heterocycles. The molecule has 1 fully saturated rings. The van der Waals surface area contributed by atoms with Gasteiger partial charge in [-0.1, -0.05) is 13.8 Å². The first-order valence-electron chi connectivity index (χ1n) is 5.12. The van der Waals surface area contributed by atoms with Crippen LogP contribution in [0.4, 0.5) is 0 Å². The Morgan fingerprint density at radius 2 is 2.14 bits per heavy atom. The molecule has 0 spiro atoms. The smallest absolute Gasteiger partial charge is 0.233 e. The average Bonchev–Trinajstić information content (AvgIpc) is 2.09. The summed E-state index contributed by atoms with van der Waals surface area (Å²) in [7, 11) is 0. The number of carbonyl (C=O) groups is 1. The summed E-state index contributed by atoms with van der Waals surface area (Å²) in [6.07, 6.45) is 2.85. The van der Waals surface area contributed by atoms with Crippen LogP contribution in [0.1, 0.15) is 33.1 Å². The molecule has 0 aromatic rings. The highest BCUT2D eigenvalue weighted by molar-refractivity contribution is 7.81. The normalized spacial score (nSPS) is 21.5. The maximum absolute atomic E-state index is 11.7. The molecule has 1 saturated carbocycles. The van der Waals surface area contributed by atoms with E-state index in [4.69, 9.17) is 5.11 Å². The van der Waals surface area contributed by atoms with Crippen LogP contribution in [0.25, 0.3) is 0 Å². The summed E-state index contributed by atoms with van der Waals surface area (Å²) in [5.74, 6) is 0.159. The molecule has 0 bridgehead atoms. The van der Waals surface area contributed by atoms with Gasteiger partial charge < -0.3 is 10.4 Å². The molecule has 0 aromatic carbocycles. The van der Waals surface area contributed by atoms with Crippen molar-refractivity contribution in [1.29, 1.82) is 0 Å². The van der Waals surface area contributed by atoms with E-state index in [0.29, 0.717) is 0 Å². The minimum absolute atomic E-state index is 0.0390. The molecule has 1 rings (SSSR count). The Morgan fingerprint density at radius 1 is 1.57 bits per heavy atom. The fraction of sp³-hybridized carbons (Fsp3) is 0.900. The van der Waals surface area contributed by atoms with Crippen molar-refractivity contribution in [3.05, 3.63) is 0 Å². The third kappa shape index (κ3) is 2.42. The van der Waals surface area contributed by atoms with Crippen molar-refractivity contribution in [2.75, 3.05) is 6.61 Å². The van der Waals surface area contributed by atoms with Crippen molar-refractivity contribution in [3.8, 4) is 0 Å². The van der Waals surface area contributed by atoms with Crippen LogP contribution in [0.3, 0.4) is 0 Å². The standard InChI is InChI=1S/C10H19NO2S/c1-7(2)8(14)9(13)11-10(6-12)4-3-5-10/h7-8,12,14H,3-6H2,1-2H3,(H,11,13). The van der Waals surface area contributed by atoms with E-state index < -0.39 is 0 Å². The topological polar surface area (TPSA) is 49.3 Å². The molecule has 3 nitrogen and oxygen atoms in total. The number of amides is 1. The minimum atomic E-state index is -0.340. The van der Waals surface area contributed by atoms with Crippen molar-refractivity contribution in [2.45, 2.75) is 43.9 Å². The maximum atomic E-state index is 11.7. The number of rotatable bonds is 4. The molecular weight excluding hydrogens is 198 g/mol. The van der Waals surface area contributed by atoms with Crippen LogP contribution in [0.15, 0.2) is 0 Å². The van der Waals surface area contributed by atoms with Crippen LogP contribution in [0.2, 0.25) is 0 Å². The van der Waals surface area contributed by atoms with Crippen molar-refractivity contribution < 1.29 is 9.90 Å². The lowest BCUT2D eigenvalue weighted by Gasteiger charge is -2.41. The first kappa shape index (κ1) is 11.9. The zero-order valence-corrected chi connectivity index (χ0v) is 9.68. The lowest BCUT2D eigenvalue weighted by atomic mass is 9.77. The van der Waals surface area contributed by atoms with Gasteiger partial charge in [0.1, 0.15) is 0 Å². The van der Waals surface area contributed by atoms with E-state index in [2.05, 4.69) is 17.9 Å². The van der Waals surface area contributed by atoms with Crippen LogP contribution in [-0.2, 0) is 4.79 Å². The Kier molecular flexibility index (Phi) is 3.84. The van der Waals surface area contributed by atoms with Gasteiger partial charge in [0.2, 0.25) is 5.91 Å². The van der Waals surface area contributed by atoms with E-state index in [0.717, 1.165) is 19.3 Å². The molecule has 0 aromatic heterocycles. The highest BCUT2D eigenvalue weighted by Gasteiger charge is 2.38. The van der Waals surface area contributed by atoms with Crippen molar-refractivity contribution in [1.82, 2.24) is 5.32 Å². The lowest BCUT2D eigenvalue weighted by Crippen LogP contribution is -2.58. The van der Waals surface area contributed by atoms with Gasteiger partial charge in [-0.3, -0.25) is 4.79 Å². The number of carbonyl (C=O) groups excluding carboxylic acids is 1. The number of aliphatic hydroxyl groups is 1. The van der Waals surface area contributed by atoms with Crippen molar-refractivity contribution in [3.63, 3.8) is 0 Å². The fourth-order valence-corrected chi connectivity index (χ4v) is 1.63. The van der Waals surface area contributed by atoms with Gasteiger partial charge in [0, 0.05) is 0 Å². The second-order valence-electron chi connectivity index (χ2n) is 4.47. The van der Waals surface area contributed by atoms with E-state index in [1.807, 2.05) is 13.8 Å². The Hall–Kier alpha value is -0.220. The van der Waals surface area contributed by atoms with Gasteiger partial charge in [-0.25, -0.2) is 0 Å². The molecule has 1 atom stereocenters. The van der Waals surface area contributed by atoms with Gasteiger partial charge in [0.25, 0.3) is 0 Å². The summed E-state index contributed by atoms with van der Waals surface area (Å²) in [5.41, 5.74) is -0.340. The lowest BCUT2D eigenvalue weighted by molar-refractivity contribution is -0.125. The summed E-state index contributed by atoms with van der Waals surface area (Å²) in [6.45, 7) is 3.96. The molecule has 14 heavy (non-hydrogen) atoms. The first-order valence-corrected chi connectivity index (χ1v) is 5.63. The van der Waals surface area contributed by atoms with Gasteiger partial charge in [-0.05, 0) is 25.2 Å². The Morgan fingerprint density at radius 3 is 2.43 bits per heavy atom. The molecule has 1 amide bonds. The van der Waals surface area contributed by atoms with Gasteiger partial charge in [0.15, 0.2) is 0 Å². The second-order valence-corrected chi connectivity index (χ2v) is 5.03. The van der Waals surface area contributed by atoms with E-state index in [1.54, 1.807) is 0 Å². The summed E-state index contributed by atoms with van der Waals surface area (Å²) < 4.78 is 0. The van der Waals surface area contributed by atoms with Crippen LogP contribution in [0, 0.1) is 5.92 Å². The number of hydrogen-bond donors (Lipinski definition) is 3. The zero-order chi connectivity index (χ0) is 10.8. The highest BCUT2D eigenvalue weighted by atomic mass is 32.1. The fourth-order valence-electron chi connectivity index (χ4n) is 1.56. The molecule has 82 valence electrons. The Bertz CT molecular complexity index is 209. The number of nitrogens with one attached hydrogen (secondary N) is 1. The molecule has 4 heteroatoms. The summed E-state index contributed by atoms with van der Waals surface area (Å²) in [6, 6.07) is 0. The molecule has 1 aliphatic rings. The largest absolute Gasteiger partial charge is 0.394 e. The maximum Gasteiger partial charge on any atom is 0.233 e. The van der Waals surface area contributed by atoms with Gasteiger partial charge >= 0.3 is 0 Å². The monoisotopic (exact) mass is 217 g/mol. The highest BCUT2D eigenvalue weighted by Crippen LogP contribution is 2.31.